The molecule has 0 aromatic carbocycles. The molecule has 0 aliphatic heterocycles. The van der Waals surface area contributed by atoms with Gasteiger partial charge in [-0.3, -0.25) is 4.79 Å². The van der Waals surface area contributed by atoms with Crippen molar-refractivity contribution in [3.8, 4) is 0 Å². The number of rotatable bonds is 4. The van der Waals surface area contributed by atoms with E-state index in [1.54, 1.807) is 30.9 Å². The largest absolute Gasteiger partial charge is 0.350 e. The van der Waals surface area contributed by atoms with Gasteiger partial charge < -0.3 is 10.3 Å². The first-order valence-electron chi connectivity index (χ1n) is 5.13. The molecule has 0 aliphatic carbocycles. The monoisotopic (exact) mass is 294 g/mol. The summed E-state index contributed by atoms with van der Waals surface area (Å²) in [5.41, 5.74) is 1.39. The van der Waals surface area contributed by atoms with Crippen LogP contribution in [0.15, 0.2) is 35.3 Å². The third-order valence-corrected chi connectivity index (χ3v) is 2.85. The first kappa shape index (κ1) is 11.8. The molecule has 88 valence electrons. The van der Waals surface area contributed by atoms with E-state index >= 15 is 0 Å². The first-order chi connectivity index (χ1) is 8.27. The van der Waals surface area contributed by atoms with Crippen molar-refractivity contribution in [3.05, 3.63) is 46.7 Å². The Morgan fingerprint density at radius 1 is 1.53 bits per heavy atom. The van der Waals surface area contributed by atoms with Crippen molar-refractivity contribution in [1.82, 2.24) is 20.3 Å². The van der Waals surface area contributed by atoms with Gasteiger partial charge in [0.2, 0.25) is 0 Å². The van der Waals surface area contributed by atoms with E-state index in [1.807, 2.05) is 0 Å². The highest BCUT2D eigenvalue weighted by molar-refractivity contribution is 9.10. The van der Waals surface area contributed by atoms with Gasteiger partial charge in [-0.05, 0) is 28.1 Å². The maximum absolute atomic E-state index is 11.8. The molecule has 2 aromatic rings. The second kappa shape index (κ2) is 5.58. The maximum atomic E-state index is 11.8. The highest BCUT2D eigenvalue weighted by atomic mass is 79.9. The number of aromatic nitrogens is 3. The van der Waals surface area contributed by atoms with E-state index in [1.165, 1.54) is 0 Å². The van der Waals surface area contributed by atoms with Crippen molar-refractivity contribution in [2.24, 2.45) is 0 Å². The van der Waals surface area contributed by atoms with E-state index in [2.05, 4.69) is 36.2 Å². The second-order valence-corrected chi connectivity index (χ2v) is 4.27. The standard InChI is InChI=1S/C11H11BrN4O/c12-9-2-1-4-14-10(9)11(17)15-5-3-8-6-13-7-16-8/h1-2,4,6-7H,3,5H2,(H,13,16)(H,15,17). The van der Waals surface area contributed by atoms with Crippen molar-refractivity contribution in [1.29, 1.82) is 0 Å². The summed E-state index contributed by atoms with van der Waals surface area (Å²) in [6, 6.07) is 3.56. The molecule has 0 atom stereocenters. The van der Waals surface area contributed by atoms with E-state index in [0.717, 1.165) is 12.1 Å². The number of H-pyrrole nitrogens is 1. The third-order valence-electron chi connectivity index (χ3n) is 2.21. The number of imidazole rings is 1. The van der Waals surface area contributed by atoms with Crippen LogP contribution < -0.4 is 5.32 Å². The molecule has 17 heavy (non-hydrogen) atoms. The van der Waals surface area contributed by atoms with E-state index in [9.17, 15) is 4.79 Å². The average Bonchev–Trinajstić information content (AvgIpc) is 2.82. The van der Waals surface area contributed by atoms with Crippen LogP contribution in [0, 0.1) is 0 Å². The molecule has 0 aliphatic rings. The van der Waals surface area contributed by atoms with Crippen LogP contribution in [0.5, 0.6) is 0 Å². The predicted octanol–water partition coefficient (Wildman–Crippen LogP) is 1.54. The Labute approximate surface area is 107 Å². The van der Waals surface area contributed by atoms with Gasteiger partial charge in [0.05, 0.1) is 6.33 Å². The van der Waals surface area contributed by atoms with Gasteiger partial charge in [-0.25, -0.2) is 9.97 Å². The van der Waals surface area contributed by atoms with E-state index in [-0.39, 0.29) is 5.91 Å². The predicted molar refractivity (Wildman–Crippen MR) is 66.6 cm³/mol. The van der Waals surface area contributed by atoms with Crippen molar-refractivity contribution >= 4 is 21.8 Å². The molecule has 0 fully saturated rings. The lowest BCUT2D eigenvalue weighted by molar-refractivity contribution is 0.0948. The number of hydrogen-bond acceptors (Lipinski definition) is 3. The Hall–Kier alpha value is -1.69. The van der Waals surface area contributed by atoms with Gasteiger partial charge >= 0.3 is 0 Å². The van der Waals surface area contributed by atoms with Gasteiger partial charge in [0.15, 0.2) is 0 Å². The van der Waals surface area contributed by atoms with Crippen LogP contribution >= 0.6 is 15.9 Å². The van der Waals surface area contributed by atoms with Crippen LogP contribution in [0.4, 0.5) is 0 Å². The number of carbonyl (C=O) groups is 1. The Morgan fingerprint density at radius 2 is 2.41 bits per heavy atom. The van der Waals surface area contributed by atoms with Crippen molar-refractivity contribution < 1.29 is 4.79 Å². The Kier molecular flexibility index (Phi) is 3.87. The fourth-order valence-electron chi connectivity index (χ4n) is 1.37. The van der Waals surface area contributed by atoms with E-state index in [4.69, 9.17) is 0 Å². The van der Waals surface area contributed by atoms with Gasteiger partial charge in [-0.1, -0.05) is 0 Å². The Morgan fingerprint density at radius 3 is 3.12 bits per heavy atom. The minimum absolute atomic E-state index is 0.183. The molecule has 0 unspecified atom stereocenters. The summed E-state index contributed by atoms with van der Waals surface area (Å²) >= 11 is 3.29. The lowest BCUT2D eigenvalue weighted by Gasteiger charge is -2.04. The minimum Gasteiger partial charge on any atom is -0.350 e. The molecule has 0 radical (unpaired) electrons. The number of nitrogens with one attached hydrogen (secondary N) is 2. The number of nitrogens with zero attached hydrogens (tertiary/aromatic N) is 2. The molecule has 1 amide bonds. The molecule has 2 aromatic heterocycles. The number of aromatic amines is 1. The fraction of sp³-hybridized carbons (Fsp3) is 0.182. The number of pyridine rings is 1. The summed E-state index contributed by atoms with van der Waals surface area (Å²) < 4.78 is 0.694. The summed E-state index contributed by atoms with van der Waals surface area (Å²) in [5.74, 6) is -0.183. The lowest BCUT2D eigenvalue weighted by atomic mass is 10.3. The fourth-order valence-corrected chi connectivity index (χ4v) is 1.80. The summed E-state index contributed by atoms with van der Waals surface area (Å²) in [4.78, 5) is 22.7. The highest BCUT2D eigenvalue weighted by Crippen LogP contribution is 2.12. The molecule has 0 saturated carbocycles. The molecule has 2 rings (SSSR count). The minimum atomic E-state index is -0.183. The molecule has 0 spiro atoms. The molecule has 5 nitrogen and oxygen atoms in total. The van der Waals surface area contributed by atoms with Crippen LogP contribution in [-0.2, 0) is 6.42 Å². The summed E-state index contributed by atoms with van der Waals surface area (Å²) in [7, 11) is 0. The average molecular weight is 295 g/mol. The number of hydrogen-bond donors (Lipinski definition) is 2. The number of halogens is 1. The van der Waals surface area contributed by atoms with Gasteiger partial charge in [0.25, 0.3) is 5.91 Å². The third kappa shape index (κ3) is 3.13. The van der Waals surface area contributed by atoms with Crippen LogP contribution in [0.25, 0.3) is 0 Å². The van der Waals surface area contributed by atoms with Crippen molar-refractivity contribution in [2.45, 2.75) is 6.42 Å². The molecular formula is C11H11BrN4O. The van der Waals surface area contributed by atoms with Crippen molar-refractivity contribution in [2.75, 3.05) is 6.54 Å². The SMILES string of the molecule is O=C(NCCc1cnc[nH]1)c1ncccc1Br. The van der Waals surface area contributed by atoms with Crippen LogP contribution in [0.3, 0.4) is 0 Å². The molecule has 0 bridgehead atoms. The smallest absolute Gasteiger partial charge is 0.271 e. The zero-order valence-corrected chi connectivity index (χ0v) is 10.6. The van der Waals surface area contributed by atoms with E-state index in [0.29, 0.717) is 16.7 Å². The Bertz CT molecular complexity index is 498. The van der Waals surface area contributed by atoms with Gasteiger partial charge in [-0.2, -0.15) is 0 Å². The zero-order chi connectivity index (χ0) is 12.1. The zero-order valence-electron chi connectivity index (χ0n) is 8.98. The van der Waals surface area contributed by atoms with Crippen molar-refractivity contribution in [3.63, 3.8) is 0 Å². The number of amides is 1. The first-order valence-corrected chi connectivity index (χ1v) is 5.92. The molecule has 0 saturated heterocycles. The Balaban J connectivity index is 1.88. The molecule has 2 N–H and O–H groups in total. The van der Waals surface area contributed by atoms with Crippen LogP contribution in [-0.4, -0.2) is 27.4 Å². The second-order valence-electron chi connectivity index (χ2n) is 3.42. The topological polar surface area (TPSA) is 70.7 Å². The molecule has 6 heteroatoms. The van der Waals surface area contributed by atoms with Crippen LogP contribution in [0.1, 0.15) is 16.2 Å². The molecule has 2 heterocycles. The van der Waals surface area contributed by atoms with Gasteiger partial charge in [-0.15, -0.1) is 0 Å². The van der Waals surface area contributed by atoms with Gasteiger partial charge in [0, 0.05) is 35.5 Å². The number of carbonyl (C=O) groups excluding carboxylic acids is 1. The normalized spacial score (nSPS) is 10.2. The summed E-state index contributed by atoms with van der Waals surface area (Å²) in [6.45, 7) is 0.546. The van der Waals surface area contributed by atoms with Crippen LogP contribution in [0.2, 0.25) is 0 Å². The van der Waals surface area contributed by atoms with Gasteiger partial charge in [0.1, 0.15) is 5.69 Å². The molecular weight excluding hydrogens is 284 g/mol. The summed E-state index contributed by atoms with van der Waals surface area (Å²) in [6.07, 6.45) is 5.67. The highest BCUT2D eigenvalue weighted by Gasteiger charge is 2.09. The quantitative estimate of drug-likeness (QED) is 0.899. The lowest BCUT2D eigenvalue weighted by Crippen LogP contribution is -2.26. The summed E-state index contributed by atoms with van der Waals surface area (Å²) in [5, 5.41) is 2.80. The van der Waals surface area contributed by atoms with E-state index < -0.39 is 0 Å². The maximum Gasteiger partial charge on any atom is 0.271 e.